The first-order chi connectivity index (χ1) is 7.11. The number of hydrogen-bond acceptors (Lipinski definition) is 2. The lowest BCUT2D eigenvalue weighted by Gasteiger charge is -2.05. The van der Waals surface area contributed by atoms with E-state index >= 15 is 0 Å². The minimum absolute atomic E-state index is 0.723. The number of hydrogen-bond donors (Lipinski definition) is 0. The summed E-state index contributed by atoms with van der Waals surface area (Å²) in [5.41, 5.74) is 0.992. The van der Waals surface area contributed by atoms with E-state index < -0.39 is 0 Å². The number of halogens is 2. The molecule has 0 aliphatic rings. The van der Waals surface area contributed by atoms with Gasteiger partial charge in [0.1, 0.15) is 0 Å². The van der Waals surface area contributed by atoms with E-state index in [9.17, 15) is 0 Å². The molecule has 0 unspecified atom stereocenters. The third kappa shape index (κ3) is 4.10. The van der Waals surface area contributed by atoms with Crippen LogP contribution in [0.1, 0.15) is 12.0 Å². The van der Waals surface area contributed by atoms with Gasteiger partial charge in [0.05, 0.1) is 0 Å². The standard InChI is InChI=1S/C11H14Cl2N2/c1-15(2)14-8-4-5-9-10(12)6-3-7-11(9)13/h3,6-8H,4-5H2,1-2H3. The Balaban J connectivity index is 2.58. The molecule has 1 rings (SSSR count). The van der Waals surface area contributed by atoms with Crippen LogP contribution in [0.25, 0.3) is 0 Å². The van der Waals surface area contributed by atoms with Crippen LogP contribution in [0.3, 0.4) is 0 Å². The summed E-state index contributed by atoms with van der Waals surface area (Å²) in [5.74, 6) is 0. The van der Waals surface area contributed by atoms with Gasteiger partial charge in [-0.3, -0.25) is 0 Å². The number of nitrogens with zero attached hydrogens (tertiary/aromatic N) is 2. The third-order valence-corrected chi connectivity index (χ3v) is 2.61. The average Bonchev–Trinajstić information content (AvgIpc) is 2.15. The smallest absolute Gasteiger partial charge is 0.0452 e. The molecule has 0 amide bonds. The number of hydrazone groups is 1. The van der Waals surface area contributed by atoms with Crippen molar-refractivity contribution in [3.63, 3.8) is 0 Å². The van der Waals surface area contributed by atoms with Crippen molar-refractivity contribution in [1.82, 2.24) is 5.01 Å². The molecule has 0 radical (unpaired) electrons. The van der Waals surface area contributed by atoms with Crippen LogP contribution in [0, 0.1) is 0 Å². The second kappa shape index (κ2) is 5.99. The maximum absolute atomic E-state index is 6.03. The van der Waals surface area contributed by atoms with Crippen molar-refractivity contribution in [3.8, 4) is 0 Å². The van der Waals surface area contributed by atoms with E-state index in [1.807, 2.05) is 38.5 Å². The second-order valence-electron chi connectivity index (χ2n) is 3.38. The molecule has 0 aromatic heterocycles. The van der Waals surface area contributed by atoms with E-state index in [0.717, 1.165) is 28.5 Å². The lowest BCUT2D eigenvalue weighted by Crippen LogP contribution is -2.02. The molecule has 0 saturated heterocycles. The monoisotopic (exact) mass is 244 g/mol. The molecule has 0 saturated carbocycles. The third-order valence-electron chi connectivity index (χ3n) is 1.90. The van der Waals surface area contributed by atoms with Gasteiger partial charge in [0.2, 0.25) is 0 Å². The Morgan fingerprint density at radius 2 is 1.87 bits per heavy atom. The fourth-order valence-electron chi connectivity index (χ4n) is 1.20. The first-order valence-corrected chi connectivity index (χ1v) is 5.49. The van der Waals surface area contributed by atoms with E-state index in [1.165, 1.54) is 0 Å². The highest BCUT2D eigenvalue weighted by molar-refractivity contribution is 6.36. The molecule has 1 aromatic rings. The Bertz CT molecular complexity index is 328. The quantitative estimate of drug-likeness (QED) is 0.585. The van der Waals surface area contributed by atoms with Crippen LogP contribution in [0.15, 0.2) is 23.3 Å². The van der Waals surface area contributed by atoms with Crippen LogP contribution in [0.2, 0.25) is 10.0 Å². The molecular formula is C11H14Cl2N2. The first-order valence-electron chi connectivity index (χ1n) is 4.74. The van der Waals surface area contributed by atoms with Gasteiger partial charge in [-0.25, -0.2) is 0 Å². The van der Waals surface area contributed by atoms with Gasteiger partial charge in [-0.1, -0.05) is 29.3 Å². The van der Waals surface area contributed by atoms with Crippen LogP contribution in [0.5, 0.6) is 0 Å². The lowest BCUT2D eigenvalue weighted by atomic mass is 10.1. The molecule has 82 valence electrons. The Hall–Kier alpha value is -0.730. The van der Waals surface area contributed by atoms with Crippen LogP contribution >= 0.6 is 23.2 Å². The van der Waals surface area contributed by atoms with E-state index in [4.69, 9.17) is 23.2 Å². The molecule has 4 heteroatoms. The van der Waals surface area contributed by atoms with Gasteiger partial charge in [0.25, 0.3) is 0 Å². The van der Waals surface area contributed by atoms with Crippen molar-refractivity contribution in [3.05, 3.63) is 33.8 Å². The summed E-state index contributed by atoms with van der Waals surface area (Å²) in [6.45, 7) is 0. The number of rotatable bonds is 4. The molecule has 1 aromatic carbocycles. The zero-order valence-corrected chi connectivity index (χ0v) is 10.4. The molecule has 0 atom stereocenters. The van der Waals surface area contributed by atoms with Crippen molar-refractivity contribution in [2.45, 2.75) is 12.8 Å². The maximum atomic E-state index is 6.03. The Morgan fingerprint density at radius 1 is 1.27 bits per heavy atom. The topological polar surface area (TPSA) is 15.6 Å². The molecule has 0 bridgehead atoms. The first kappa shape index (κ1) is 12.3. The van der Waals surface area contributed by atoms with Crippen LogP contribution < -0.4 is 0 Å². The summed E-state index contributed by atoms with van der Waals surface area (Å²) < 4.78 is 0. The Morgan fingerprint density at radius 3 is 2.40 bits per heavy atom. The van der Waals surface area contributed by atoms with Crippen molar-refractivity contribution in [2.75, 3.05) is 14.1 Å². The van der Waals surface area contributed by atoms with Gasteiger partial charge < -0.3 is 5.01 Å². The van der Waals surface area contributed by atoms with Crippen molar-refractivity contribution in [1.29, 1.82) is 0 Å². The van der Waals surface area contributed by atoms with Gasteiger partial charge in [0.15, 0.2) is 0 Å². The van der Waals surface area contributed by atoms with E-state index in [2.05, 4.69) is 5.10 Å². The molecule has 15 heavy (non-hydrogen) atoms. The summed E-state index contributed by atoms with van der Waals surface area (Å²) >= 11 is 12.1. The normalized spacial score (nSPS) is 10.9. The predicted molar refractivity (Wildman–Crippen MR) is 67.0 cm³/mol. The maximum Gasteiger partial charge on any atom is 0.0452 e. The molecular weight excluding hydrogens is 231 g/mol. The fourth-order valence-corrected chi connectivity index (χ4v) is 1.79. The minimum atomic E-state index is 0.723. The summed E-state index contributed by atoms with van der Waals surface area (Å²) in [6, 6.07) is 5.56. The molecule has 0 fully saturated rings. The molecule has 0 spiro atoms. The summed E-state index contributed by atoms with van der Waals surface area (Å²) in [6.07, 6.45) is 3.51. The van der Waals surface area contributed by atoms with E-state index in [0.29, 0.717) is 0 Å². The average molecular weight is 245 g/mol. The van der Waals surface area contributed by atoms with Gasteiger partial charge in [-0.15, -0.1) is 0 Å². The highest BCUT2D eigenvalue weighted by Crippen LogP contribution is 2.25. The zero-order chi connectivity index (χ0) is 11.3. The Labute approximate surface area is 100 Å². The fraction of sp³-hybridized carbons (Fsp3) is 0.364. The Kier molecular flexibility index (Phi) is 4.92. The predicted octanol–water partition coefficient (Wildman–Crippen LogP) is 3.47. The summed E-state index contributed by atoms with van der Waals surface area (Å²) in [7, 11) is 3.78. The molecule has 0 aliphatic carbocycles. The van der Waals surface area contributed by atoms with Gasteiger partial charge >= 0.3 is 0 Å². The van der Waals surface area contributed by atoms with Crippen LogP contribution in [-0.4, -0.2) is 25.3 Å². The largest absolute Gasteiger partial charge is 0.303 e. The molecule has 0 aliphatic heterocycles. The van der Waals surface area contributed by atoms with Crippen LogP contribution in [0.4, 0.5) is 0 Å². The highest BCUT2D eigenvalue weighted by atomic mass is 35.5. The van der Waals surface area contributed by atoms with Gasteiger partial charge in [0, 0.05) is 30.4 Å². The van der Waals surface area contributed by atoms with Crippen molar-refractivity contribution >= 4 is 29.4 Å². The minimum Gasteiger partial charge on any atom is -0.303 e. The molecule has 2 nitrogen and oxygen atoms in total. The van der Waals surface area contributed by atoms with E-state index in [-0.39, 0.29) is 0 Å². The number of benzene rings is 1. The van der Waals surface area contributed by atoms with Gasteiger partial charge in [-0.05, 0) is 30.5 Å². The van der Waals surface area contributed by atoms with Gasteiger partial charge in [-0.2, -0.15) is 5.10 Å². The summed E-state index contributed by atoms with van der Waals surface area (Å²) in [5, 5.41) is 7.33. The SMILES string of the molecule is CN(C)N=CCCc1c(Cl)cccc1Cl. The zero-order valence-electron chi connectivity index (χ0n) is 8.87. The molecule has 0 N–H and O–H groups in total. The second-order valence-corrected chi connectivity index (χ2v) is 4.20. The highest BCUT2D eigenvalue weighted by Gasteiger charge is 2.03. The summed E-state index contributed by atoms with van der Waals surface area (Å²) in [4.78, 5) is 0. The van der Waals surface area contributed by atoms with Crippen LogP contribution in [-0.2, 0) is 6.42 Å². The van der Waals surface area contributed by atoms with E-state index in [1.54, 1.807) is 5.01 Å². The van der Waals surface area contributed by atoms with Crippen molar-refractivity contribution in [2.24, 2.45) is 5.10 Å². The lowest BCUT2D eigenvalue weighted by molar-refractivity contribution is 0.439. The molecule has 0 heterocycles. The van der Waals surface area contributed by atoms with Crippen molar-refractivity contribution < 1.29 is 0 Å².